The molecule has 0 aliphatic carbocycles. The van der Waals surface area contributed by atoms with Gasteiger partial charge in [0.2, 0.25) is 5.88 Å². The van der Waals surface area contributed by atoms with E-state index in [1.807, 2.05) is 6.92 Å². The van der Waals surface area contributed by atoms with Crippen molar-refractivity contribution in [2.24, 2.45) is 0 Å². The van der Waals surface area contributed by atoms with Gasteiger partial charge in [-0.3, -0.25) is 0 Å². The molecule has 0 amide bonds. The molecule has 0 aliphatic rings. The average molecular weight is 199 g/mol. The van der Waals surface area contributed by atoms with E-state index < -0.39 is 0 Å². The highest BCUT2D eigenvalue weighted by Crippen LogP contribution is 2.21. The maximum absolute atomic E-state index is 5.84. The van der Waals surface area contributed by atoms with Gasteiger partial charge in [-0.1, -0.05) is 24.3 Å². The minimum Gasteiger partial charge on any atom is -0.473 e. The van der Waals surface area contributed by atoms with Gasteiger partial charge in [-0.2, -0.15) is 4.98 Å². The lowest BCUT2D eigenvalue weighted by molar-refractivity contribution is 0.344. The number of nitrogens with zero attached hydrogens (tertiary/aromatic N) is 2. The van der Waals surface area contributed by atoms with Gasteiger partial charge in [0.05, 0.1) is 0 Å². The van der Waals surface area contributed by atoms with E-state index in [0.29, 0.717) is 23.5 Å². The molecule has 0 saturated heterocycles. The normalized spacial score (nSPS) is 9.77. The lowest BCUT2D eigenvalue weighted by Crippen LogP contribution is -2.01. The molecule has 70 valence electrons. The van der Waals surface area contributed by atoms with Crippen molar-refractivity contribution in [1.29, 1.82) is 0 Å². The van der Waals surface area contributed by atoms with E-state index >= 15 is 0 Å². The molecule has 13 heavy (non-hydrogen) atoms. The zero-order valence-electron chi connectivity index (χ0n) is 7.67. The Labute approximate surface area is 82.4 Å². The van der Waals surface area contributed by atoms with Gasteiger partial charge >= 0.3 is 0 Å². The van der Waals surface area contributed by atoms with Crippen LogP contribution in [0.15, 0.2) is 12.7 Å². The van der Waals surface area contributed by atoms with Crippen LogP contribution in [0.4, 0.5) is 0 Å². The van der Waals surface area contributed by atoms with E-state index in [4.69, 9.17) is 16.3 Å². The third-order valence-corrected chi connectivity index (χ3v) is 1.86. The Bertz CT molecular complexity index is 326. The van der Waals surface area contributed by atoms with Crippen molar-refractivity contribution in [3.8, 4) is 5.88 Å². The van der Waals surface area contributed by atoms with Crippen LogP contribution in [0.1, 0.15) is 11.4 Å². The van der Waals surface area contributed by atoms with Gasteiger partial charge < -0.3 is 4.74 Å². The van der Waals surface area contributed by atoms with Crippen molar-refractivity contribution in [3.05, 3.63) is 29.2 Å². The maximum atomic E-state index is 5.84. The summed E-state index contributed by atoms with van der Waals surface area (Å²) in [5, 5.41) is 0.437. The van der Waals surface area contributed by atoms with Gasteiger partial charge in [-0.05, 0) is 13.8 Å². The fraction of sp³-hybridized carbons (Fsp3) is 0.333. The van der Waals surface area contributed by atoms with Gasteiger partial charge in [0.15, 0.2) is 0 Å². The van der Waals surface area contributed by atoms with Crippen LogP contribution in [-0.2, 0) is 0 Å². The van der Waals surface area contributed by atoms with E-state index in [-0.39, 0.29) is 0 Å². The van der Waals surface area contributed by atoms with Gasteiger partial charge in [0.1, 0.15) is 17.6 Å². The molecule has 0 unspecified atom stereocenters. The molecular weight excluding hydrogens is 188 g/mol. The lowest BCUT2D eigenvalue weighted by Gasteiger charge is -2.07. The Morgan fingerprint density at radius 1 is 1.46 bits per heavy atom. The second-order valence-corrected chi connectivity index (χ2v) is 2.95. The Kier molecular flexibility index (Phi) is 3.25. The minimum absolute atomic E-state index is 0.424. The minimum atomic E-state index is 0.424. The van der Waals surface area contributed by atoms with Crippen LogP contribution in [0.3, 0.4) is 0 Å². The number of hydrogen-bond acceptors (Lipinski definition) is 3. The highest BCUT2D eigenvalue weighted by molar-refractivity contribution is 6.30. The first-order valence-corrected chi connectivity index (χ1v) is 4.27. The van der Waals surface area contributed by atoms with E-state index in [1.54, 1.807) is 13.0 Å². The maximum Gasteiger partial charge on any atom is 0.221 e. The standard InChI is InChI=1S/C9H11ClN2O/c1-4-5-13-9-6(2)8(10)11-7(3)12-9/h4H,1,5H2,2-3H3. The van der Waals surface area contributed by atoms with Gasteiger partial charge in [0, 0.05) is 5.56 Å². The largest absolute Gasteiger partial charge is 0.473 e. The molecule has 0 N–H and O–H groups in total. The van der Waals surface area contributed by atoms with Crippen LogP contribution in [-0.4, -0.2) is 16.6 Å². The van der Waals surface area contributed by atoms with E-state index in [0.717, 1.165) is 5.56 Å². The summed E-state index contributed by atoms with van der Waals surface area (Å²) in [4.78, 5) is 8.10. The molecule has 0 aliphatic heterocycles. The third-order valence-electron chi connectivity index (χ3n) is 1.49. The Morgan fingerprint density at radius 2 is 2.15 bits per heavy atom. The molecule has 0 fully saturated rings. The summed E-state index contributed by atoms with van der Waals surface area (Å²) < 4.78 is 5.29. The summed E-state index contributed by atoms with van der Waals surface area (Å²) in [6, 6.07) is 0. The number of hydrogen-bond donors (Lipinski definition) is 0. The molecule has 0 radical (unpaired) electrons. The molecule has 0 saturated carbocycles. The average Bonchev–Trinajstić information content (AvgIpc) is 2.09. The Balaban J connectivity index is 2.98. The smallest absolute Gasteiger partial charge is 0.221 e. The fourth-order valence-corrected chi connectivity index (χ4v) is 1.05. The molecule has 1 aromatic heterocycles. The van der Waals surface area contributed by atoms with Crippen LogP contribution in [0.2, 0.25) is 5.15 Å². The van der Waals surface area contributed by atoms with Gasteiger partial charge in [0.25, 0.3) is 0 Å². The van der Waals surface area contributed by atoms with E-state index in [9.17, 15) is 0 Å². The number of ether oxygens (including phenoxy) is 1. The second-order valence-electron chi connectivity index (χ2n) is 2.59. The third kappa shape index (κ3) is 2.42. The molecule has 4 heteroatoms. The molecule has 0 spiro atoms. The predicted octanol–water partition coefficient (Wildman–Crippen LogP) is 2.31. The first-order chi connectivity index (χ1) is 6.15. The summed E-state index contributed by atoms with van der Waals surface area (Å²) in [6.45, 7) is 7.56. The summed E-state index contributed by atoms with van der Waals surface area (Å²) in [6.07, 6.45) is 1.66. The highest BCUT2D eigenvalue weighted by atomic mass is 35.5. The summed E-state index contributed by atoms with van der Waals surface area (Å²) >= 11 is 5.84. The zero-order valence-corrected chi connectivity index (χ0v) is 8.43. The topological polar surface area (TPSA) is 35.0 Å². The van der Waals surface area contributed by atoms with Gasteiger partial charge in [-0.15, -0.1) is 0 Å². The number of aryl methyl sites for hydroxylation is 1. The molecule has 1 rings (SSSR count). The molecule has 0 aromatic carbocycles. The van der Waals surface area contributed by atoms with Crippen molar-refractivity contribution in [2.45, 2.75) is 13.8 Å². The fourth-order valence-electron chi connectivity index (χ4n) is 0.848. The monoisotopic (exact) mass is 198 g/mol. The number of rotatable bonds is 3. The lowest BCUT2D eigenvalue weighted by atomic mass is 10.3. The van der Waals surface area contributed by atoms with Crippen LogP contribution < -0.4 is 4.74 Å². The molecule has 1 heterocycles. The van der Waals surface area contributed by atoms with Crippen molar-refractivity contribution in [2.75, 3.05) is 6.61 Å². The van der Waals surface area contributed by atoms with Crippen molar-refractivity contribution in [1.82, 2.24) is 9.97 Å². The zero-order chi connectivity index (χ0) is 9.84. The quantitative estimate of drug-likeness (QED) is 0.552. The molecular formula is C9H11ClN2O. The molecule has 3 nitrogen and oxygen atoms in total. The Morgan fingerprint density at radius 3 is 2.77 bits per heavy atom. The highest BCUT2D eigenvalue weighted by Gasteiger charge is 2.07. The van der Waals surface area contributed by atoms with Crippen molar-refractivity contribution >= 4 is 11.6 Å². The van der Waals surface area contributed by atoms with Crippen LogP contribution >= 0.6 is 11.6 Å². The van der Waals surface area contributed by atoms with Crippen LogP contribution in [0, 0.1) is 13.8 Å². The van der Waals surface area contributed by atoms with E-state index in [2.05, 4.69) is 16.5 Å². The SMILES string of the molecule is C=CCOc1nc(C)nc(Cl)c1C. The summed E-state index contributed by atoms with van der Waals surface area (Å²) in [7, 11) is 0. The molecule has 0 atom stereocenters. The van der Waals surface area contributed by atoms with Crippen molar-refractivity contribution in [3.63, 3.8) is 0 Å². The molecule has 0 bridgehead atoms. The predicted molar refractivity (Wildman–Crippen MR) is 52.2 cm³/mol. The number of halogens is 1. The first kappa shape index (κ1) is 9.99. The summed E-state index contributed by atoms with van der Waals surface area (Å²) in [5.74, 6) is 1.13. The second kappa shape index (κ2) is 4.23. The Hall–Kier alpha value is -1.09. The van der Waals surface area contributed by atoms with E-state index in [1.165, 1.54) is 0 Å². The van der Waals surface area contributed by atoms with Crippen LogP contribution in [0.25, 0.3) is 0 Å². The summed E-state index contributed by atoms with van der Waals surface area (Å²) in [5.41, 5.74) is 0.758. The van der Waals surface area contributed by atoms with Gasteiger partial charge in [-0.25, -0.2) is 4.98 Å². The van der Waals surface area contributed by atoms with Crippen molar-refractivity contribution < 1.29 is 4.74 Å². The first-order valence-electron chi connectivity index (χ1n) is 3.89. The molecule has 1 aromatic rings. The number of aromatic nitrogens is 2. The van der Waals surface area contributed by atoms with Crippen LogP contribution in [0.5, 0.6) is 5.88 Å².